The van der Waals surface area contributed by atoms with Gasteiger partial charge in [0.2, 0.25) is 17.8 Å². The molecule has 0 atom stereocenters. The van der Waals surface area contributed by atoms with Gasteiger partial charge in [-0.2, -0.15) is 4.98 Å². The molecule has 5 aromatic rings. The summed E-state index contributed by atoms with van der Waals surface area (Å²) in [6.45, 7) is 0. The van der Waals surface area contributed by atoms with Crippen LogP contribution in [0.5, 0.6) is 0 Å². The van der Waals surface area contributed by atoms with E-state index in [0.717, 1.165) is 28.0 Å². The number of imidazole rings is 1. The Balaban J connectivity index is 1.29. The van der Waals surface area contributed by atoms with Crippen molar-refractivity contribution >= 4 is 67.5 Å². The number of hydrogen-bond acceptors (Lipinski definition) is 8. The monoisotopic (exact) mass is 589 g/mol. The molecule has 0 aliphatic rings. The van der Waals surface area contributed by atoms with Gasteiger partial charge < -0.3 is 14.8 Å². The van der Waals surface area contributed by atoms with E-state index in [0.29, 0.717) is 28.3 Å². The van der Waals surface area contributed by atoms with Crippen LogP contribution in [0.15, 0.2) is 79.0 Å². The summed E-state index contributed by atoms with van der Waals surface area (Å²) in [4.78, 5) is 28.1. The molecular weight excluding hydrogens is 562 g/mol. The Labute approximate surface area is 243 Å². The van der Waals surface area contributed by atoms with Crippen molar-refractivity contribution in [3.8, 4) is 0 Å². The molecule has 2 aromatic heterocycles. The van der Waals surface area contributed by atoms with Crippen LogP contribution in [-0.4, -0.2) is 47.1 Å². The second-order valence-corrected chi connectivity index (χ2v) is 12.3. The van der Waals surface area contributed by atoms with E-state index in [1.807, 2.05) is 53.9 Å². The highest BCUT2D eigenvalue weighted by Gasteiger charge is 2.14. The van der Waals surface area contributed by atoms with Crippen LogP contribution >= 0.6 is 11.6 Å². The van der Waals surface area contributed by atoms with Gasteiger partial charge in [-0.3, -0.25) is 10.1 Å². The maximum Gasteiger partial charge on any atom is 0.231 e. The zero-order valence-electron chi connectivity index (χ0n) is 22.7. The smallest absolute Gasteiger partial charge is 0.231 e. The van der Waals surface area contributed by atoms with E-state index >= 15 is 0 Å². The molecule has 2 heterocycles. The van der Waals surface area contributed by atoms with Gasteiger partial charge in [0.15, 0.2) is 9.84 Å². The van der Waals surface area contributed by atoms with Crippen LogP contribution in [-0.2, 0) is 33.9 Å². The summed E-state index contributed by atoms with van der Waals surface area (Å²) < 4.78 is 24.9. The number of aryl methyl sites for hydroxylation is 1. The van der Waals surface area contributed by atoms with Gasteiger partial charge in [-0.25, -0.2) is 18.4 Å². The number of nitrogens with zero attached hydrogens (tertiary/aromatic N) is 5. The molecule has 41 heavy (non-hydrogen) atoms. The van der Waals surface area contributed by atoms with Gasteiger partial charge in [0.25, 0.3) is 0 Å². The first-order valence-electron chi connectivity index (χ1n) is 12.7. The number of benzene rings is 3. The zero-order valence-corrected chi connectivity index (χ0v) is 24.2. The Bertz CT molecular complexity index is 1820. The van der Waals surface area contributed by atoms with Crippen LogP contribution in [0, 0.1) is 0 Å². The summed E-state index contributed by atoms with van der Waals surface area (Å²) in [5.41, 5.74) is 4.75. The molecule has 5 rings (SSSR count). The maximum atomic E-state index is 12.6. The summed E-state index contributed by atoms with van der Waals surface area (Å²) in [6.07, 6.45) is 3.08. The quantitative estimate of drug-likeness (QED) is 0.239. The third kappa shape index (κ3) is 7.00. The fraction of sp³-hybridized carbons (Fsp3) is 0.172. The SMILES string of the molecule is CN(c1ccc2c(c1)nc(NC(=O)Cc1ccc(Cl)cc1)n2C)c1ccnc(Nc2ccc(CS(C)(=O)=O)cc2)n1. The molecule has 0 fully saturated rings. The third-order valence-corrected chi connectivity index (χ3v) is 7.51. The van der Waals surface area contributed by atoms with Crippen LogP contribution in [0.3, 0.4) is 0 Å². The number of halogens is 1. The predicted octanol–water partition coefficient (Wildman–Crippen LogP) is 5.25. The van der Waals surface area contributed by atoms with Gasteiger partial charge in [0.05, 0.1) is 23.2 Å². The second kappa shape index (κ2) is 11.6. The molecule has 1 amide bonds. The van der Waals surface area contributed by atoms with Crippen molar-refractivity contribution in [1.29, 1.82) is 0 Å². The van der Waals surface area contributed by atoms with Gasteiger partial charge >= 0.3 is 0 Å². The molecule has 0 spiro atoms. The van der Waals surface area contributed by atoms with Crippen molar-refractivity contribution in [3.63, 3.8) is 0 Å². The Morgan fingerprint density at radius 1 is 0.976 bits per heavy atom. The van der Waals surface area contributed by atoms with E-state index in [-0.39, 0.29) is 18.1 Å². The number of amides is 1. The lowest BCUT2D eigenvalue weighted by Crippen LogP contribution is -2.17. The molecule has 0 saturated carbocycles. The Morgan fingerprint density at radius 2 is 1.68 bits per heavy atom. The number of carbonyl (C=O) groups is 1. The van der Waals surface area contributed by atoms with Gasteiger partial charge in [0, 0.05) is 42.9 Å². The minimum absolute atomic E-state index is 0.0120. The van der Waals surface area contributed by atoms with Crippen molar-refractivity contribution in [2.45, 2.75) is 12.2 Å². The minimum Gasteiger partial charge on any atom is -0.329 e. The molecule has 0 aliphatic carbocycles. The van der Waals surface area contributed by atoms with E-state index in [4.69, 9.17) is 11.6 Å². The van der Waals surface area contributed by atoms with Crippen molar-refractivity contribution in [2.24, 2.45) is 7.05 Å². The average Bonchev–Trinajstić information content (AvgIpc) is 3.24. The van der Waals surface area contributed by atoms with E-state index < -0.39 is 9.84 Å². The highest BCUT2D eigenvalue weighted by atomic mass is 35.5. The molecule has 0 bridgehead atoms. The summed E-state index contributed by atoms with van der Waals surface area (Å²) >= 11 is 5.94. The van der Waals surface area contributed by atoms with Crippen molar-refractivity contribution in [3.05, 3.63) is 95.1 Å². The molecule has 10 nitrogen and oxygen atoms in total. The fourth-order valence-corrected chi connectivity index (χ4v) is 5.23. The molecule has 12 heteroatoms. The van der Waals surface area contributed by atoms with Crippen LogP contribution in [0.25, 0.3) is 11.0 Å². The molecule has 3 aromatic carbocycles. The third-order valence-electron chi connectivity index (χ3n) is 6.40. The van der Waals surface area contributed by atoms with E-state index in [1.54, 1.807) is 48.7 Å². The van der Waals surface area contributed by atoms with Gasteiger partial charge in [0.1, 0.15) is 5.82 Å². The lowest BCUT2D eigenvalue weighted by Gasteiger charge is -2.19. The molecule has 0 saturated heterocycles. The zero-order chi connectivity index (χ0) is 29.1. The van der Waals surface area contributed by atoms with Crippen LogP contribution < -0.4 is 15.5 Å². The molecule has 0 unspecified atom stereocenters. The largest absolute Gasteiger partial charge is 0.329 e. The van der Waals surface area contributed by atoms with Crippen molar-refractivity contribution in [1.82, 2.24) is 19.5 Å². The summed E-state index contributed by atoms with van der Waals surface area (Å²) in [5, 5.41) is 6.68. The standard InChI is InChI=1S/C29H28ClN7O3S/c1-36(26-14-15-31-28(34-26)32-22-10-6-20(7-11-22)18-41(3,39)40)23-12-13-25-24(17-23)33-29(37(25)2)35-27(38)16-19-4-8-21(30)9-5-19/h4-15,17H,16,18H2,1-3H3,(H,31,32,34)(H,33,35,38). The summed E-state index contributed by atoms with van der Waals surface area (Å²) in [6, 6.07) is 21.9. The van der Waals surface area contributed by atoms with Crippen LogP contribution in [0.1, 0.15) is 11.1 Å². The first-order valence-corrected chi connectivity index (χ1v) is 15.1. The number of sulfone groups is 1. The summed E-state index contributed by atoms with van der Waals surface area (Å²) in [5.74, 6) is 1.32. The lowest BCUT2D eigenvalue weighted by atomic mass is 10.1. The number of carbonyl (C=O) groups excluding carboxylic acids is 1. The minimum atomic E-state index is -3.10. The lowest BCUT2D eigenvalue weighted by molar-refractivity contribution is -0.115. The summed E-state index contributed by atoms with van der Waals surface area (Å²) in [7, 11) is 0.645. The number of fused-ring (bicyclic) bond motifs is 1. The predicted molar refractivity (Wildman–Crippen MR) is 163 cm³/mol. The number of nitrogens with one attached hydrogen (secondary N) is 2. The Morgan fingerprint density at radius 3 is 2.39 bits per heavy atom. The molecule has 2 N–H and O–H groups in total. The fourth-order valence-electron chi connectivity index (χ4n) is 4.31. The number of anilines is 5. The van der Waals surface area contributed by atoms with Crippen LogP contribution in [0.2, 0.25) is 5.02 Å². The number of hydrogen-bond donors (Lipinski definition) is 2. The normalized spacial score (nSPS) is 11.4. The van der Waals surface area contributed by atoms with Gasteiger partial charge in [-0.1, -0.05) is 35.9 Å². The maximum absolute atomic E-state index is 12.6. The highest BCUT2D eigenvalue weighted by molar-refractivity contribution is 7.89. The first kappa shape index (κ1) is 28.1. The highest BCUT2D eigenvalue weighted by Crippen LogP contribution is 2.28. The van der Waals surface area contributed by atoms with E-state index in [9.17, 15) is 13.2 Å². The van der Waals surface area contributed by atoms with Gasteiger partial charge in [-0.05, 0) is 59.7 Å². The first-order chi connectivity index (χ1) is 19.5. The van der Waals surface area contributed by atoms with Crippen molar-refractivity contribution in [2.75, 3.05) is 28.8 Å². The van der Waals surface area contributed by atoms with E-state index in [1.165, 1.54) is 6.26 Å². The number of aromatic nitrogens is 4. The molecular formula is C29H28ClN7O3S. The molecule has 0 aliphatic heterocycles. The van der Waals surface area contributed by atoms with Crippen LogP contribution in [0.4, 0.5) is 29.1 Å². The molecule has 0 radical (unpaired) electrons. The average molecular weight is 590 g/mol. The molecule has 210 valence electrons. The topological polar surface area (TPSA) is 122 Å². The number of rotatable bonds is 9. The van der Waals surface area contributed by atoms with E-state index in [2.05, 4.69) is 25.6 Å². The second-order valence-electron chi connectivity index (χ2n) is 9.71. The van der Waals surface area contributed by atoms with Crippen molar-refractivity contribution < 1.29 is 13.2 Å². The Kier molecular flexibility index (Phi) is 7.91. The van der Waals surface area contributed by atoms with Gasteiger partial charge in [-0.15, -0.1) is 0 Å². The Hall–Kier alpha value is -4.48.